The van der Waals surface area contributed by atoms with E-state index in [9.17, 15) is 4.79 Å². The Morgan fingerprint density at radius 3 is 2.71 bits per heavy atom. The van der Waals surface area contributed by atoms with Gasteiger partial charge in [-0.15, -0.1) is 0 Å². The minimum Gasteiger partial charge on any atom is -0.478 e. The summed E-state index contributed by atoms with van der Waals surface area (Å²) < 4.78 is 0. The largest absolute Gasteiger partial charge is 1.00 e. The van der Waals surface area contributed by atoms with E-state index in [0.717, 1.165) is 0 Å². The summed E-state index contributed by atoms with van der Waals surface area (Å²) >= 11 is 5.58. The Kier molecular flexibility index (Phi) is 5.09. The fourth-order valence-electron chi connectivity index (χ4n) is 0.910. The zero-order chi connectivity index (χ0) is 10.0. The molecule has 1 N–H and O–H groups in total. The Balaban J connectivity index is 0.00000169. The van der Waals surface area contributed by atoms with E-state index < -0.39 is 5.97 Å². The van der Waals surface area contributed by atoms with Crippen molar-refractivity contribution in [1.29, 1.82) is 5.26 Å². The fraction of sp³-hybridized carbons (Fsp3) is 0.125. The first-order valence-electron chi connectivity index (χ1n) is 3.36. The number of carboxylic acids is 1. The van der Waals surface area contributed by atoms with Crippen LogP contribution in [0.4, 0.5) is 0 Å². The van der Waals surface area contributed by atoms with Crippen molar-refractivity contribution < 1.29 is 39.5 Å². The van der Waals surface area contributed by atoms with Crippen LogP contribution in [-0.2, 0) is 0 Å². The molecular formula is C8H5ClN2NaO2+. The number of nitriles is 1. The van der Waals surface area contributed by atoms with Crippen LogP contribution in [0.3, 0.4) is 0 Å². The third kappa shape index (κ3) is 2.69. The van der Waals surface area contributed by atoms with Crippen molar-refractivity contribution in [3.63, 3.8) is 0 Å². The van der Waals surface area contributed by atoms with Crippen LogP contribution in [0.1, 0.15) is 21.6 Å². The van der Waals surface area contributed by atoms with Gasteiger partial charge in [0.25, 0.3) is 0 Å². The number of aryl methyl sites for hydroxylation is 1. The van der Waals surface area contributed by atoms with Gasteiger partial charge in [0.1, 0.15) is 16.8 Å². The van der Waals surface area contributed by atoms with Gasteiger partial charge in [-0.25, -0.2) is 9.78 Å². The van der Waals surface area contributed by atoms with Crippen LogP contribution in [0.5, 0.6) is 0 Å². The first kappa shape index (κ1) is 13.4. The summed E-state index contributed by atoms with van der Waals surface area (Å²) in [5.74, 6) is -1.18. The third-order valence-electron chi connectivity index (χ3n) is 1.45. The average Bonchev–Trinajstić information content (AvgIpc) is 2.02. The molecule has 4 nitrogen and oxygen atoms in total. The van der Waals surface area contributed by atoms with E-state index >= 15 is 0 Å². The topological polar surface area (TPSA) is 74.0 Å². The Bertz CT molecular complexity index is 415. The minimum absolute atomic E-state index is 0. The van der Waals surface area contributed by atoms with Gasteiger partial charge in [-0.05, 0) is 13.0 Å². The van der Waals surface area contributed by atoms with E-state index in [4.69, 9.17) is 22.0 Å². The summed E-state index contributed by atoms with van der Waals surface area (Å²) in [5.41, 5.74) is 0.265. The number of aromatic carboxylic acids is 1. The Hall–Kier alpha value is -0.600. The fourth-order valence-corrected chi connectivity index (χ4v) is 1.19. The number of rotatable bonds is 1. The van der Waals surface area contributed by atoms with Crippen molar-refractivity contribution >= 4 is 17.6 Å². The summed E-state index contributed by atoms with van der Waals surface area (Å²) in [7, 11) is 0. The van der Waals surface area contributed by atoms with Crippen LogP contribution in [0.25, 0.3) is 0 Å². The van der Waals surface area contributed by atoms with Crippen LogP contribution in [0.2, 0.25) is 5.15 Å². The first-order valence-corrected chi connectivity index (χ1v) is 3.74. The molecule has 66 valence electrons. The maximum absolute atomic E-state index is 10.6. The van der Waals surface area contributed by atoms with Crippen LogP contribution < -0.4 is 29.6 Å². The normalized spacial score (nSPS) is 8.64. The van der Waals surface area contributed by atoms with Gasteiger partial charge in [0.15, 0.2) is 0 Å². The van der Waals surface area contributed by atoms with Gasteiger partial charge in [0.2, 0.25) is 0 Å². The Morgan fingerprint density at radius 2 is 2.29 bits per heavy atom. The Morgan fingerprint density at radius 1 is 1.71 bits per heavy atom. The van der Waals surface area contributed by atoms with Gasteiger partial charge in [-0.2, -0.15) is 5.26 Å². The Labute approximate surface area is 108 Å². The van der Waals surface area contributed by atoms with E-state index in [0.29, 0.717) is 5.69 Å². The smallest absolute Gasteiger partial charge is 0.478 e. The van der Waals surface area contributed by atoms with Crippen LogP contribution in [0, 0.1) is 18.3 Å². The molecule has 1 rings (SSSR count). The standard InChI is InChI=1S/C8H5ClN2O2.Na/c1-4-2-5(8(12)13)6(3-10)7(9)11-4;/h2H,1H3,(H,12,13);/q;+1. The SMILES string of the molecule is Cc1cc(C(=O)O)c(C#N)c(Cl)n1.[Na+]. The molecule has 0 aliphatic heterocycles. The minimum atomic E-state index is -1.18. The van der Waals surface area contributed by atoms with Crippen molar-refractivity contribution in [2.75, 3.05) is 0 Å². The van der Waals surface area contributed by atoms with Gasteiger partial charge in [0, 0.05) is 5.69 Å². The number of nitrogens with zero attached hydrogens (tertiary/aromatic N) is 2. The van der Waals surface area contributed by atoms with Crippen molar-refractivity contribution in [3.05, 3.63) is 28.0 Å². The van der Waals surface area contributed by atoms with Crippen molar-refractivity contribution in [1.82, 2.24) is 4.98 Å². The van der Waals surface area contributed by atoms with Crippen molar-refractivity contribution in [2.45, 2.75) is 6.92 Å². The summed E-state index contributed by atoms with van der Waals surface area (Å²) in [6, 6.07) is 3.01. The maximum atomic E-state index is 10.6. The molecule has 0 saturated heterocycles. The monoisotopic (exact) mass is 219 g/mol. The second-order valence-electron chi connectivity index (χ2n) is 2.39. The molecule has 0 unspecified atom stereocenters. The molecule has 0 atom stereocenters. The van der Waals surface area contributed by atoms with E-state index in [1.54, 1.807) is 13.0 Å². The van der Waals surface area contributed by atoms with Gasteiger partial charge < -0.3 is 5.11 Å². The van der Waals surface area contributed by atoms with Gasteiger partial charge >= 0.3 is 35.5 Å². The van der Waals surface area contributed by atoms with Crippen LogP contribution in [0.15, 0.2) is 6.07 Å². The zero-order valence-corrected chi connectivity index (χ0v) is 10.5. The number of carboxylic acid groups (broad SMARTS) is 1. The van der Waals surface area contributed by atoms with Gasteiger partial charge in [-0.1, -0.05) is 11.6 Å². The summed E-state index contributed by atoms with van der Waals surface area (Å²) in [5, 5.41) is 17.2. The average molecular weight is 220 g/mol. The number of carbonyl (C=O) groups is 1. The molecule has 6 heteroatoms. The van der Waals surface area contributed by atoms with Crippen molar-refractivity contribution in [2.24, 2.45) is 0 Å². The zero-order valence-electron chi connectivity index (χ0n) is 7.71. The van der Waals surface area contributed by atoms with E-state index in [1.807, 2.05) is 0 Å². The predicted octanol–water partition coefficient (Wildman–Crippen LogP) is -1.38. The summed E-state index contributed by atoms with van der Waals surface area (Å²) in [4.78, 5) is 14.4. The molecule has 0 bridgehead atoms. The number of hydrogen-bond acceptors (Lipinski definition) is 3. The molecule has 0 fully saturated rings. The quantitative estimate of drug-likeness (QED) is 0.467. The predicted molar refractivity (Wildman–Crippen MR) is 45.7 cm³/mol. The molecule has 0 radical (unpaired) electrons. The number of halogens is 1. The molecule has 1 heterocycles. The second kappa shape index (κ2) is 5.32. The summed E-state index contributed by atoms with van der Waals surface area (Å²) in [6.45, 7) is 1.61. The molecular weight excluding hydrogens is 215 g/mol. The molecule has 0 amide bonds. The van der Waals surface area contributed by atoms with Crippen molar-refractivity contribution in [3.8, 4) is 6.07 Å². The van der Waals surface area contributed by atoms with Crippen LogP contribution in [-0.4, -0.2) is 16.1 Å². The number of aromatic nitrogens is 1. The van der Waals surface area contributed by atoms with E-state index in [1.165, 1.54) is 6.07 Å². The maximum Gasteiger partial charge on any atom is 1.00 e. The molecule has 0 aromatic carbocycles. The molecule has 0 spiro atoms. The van der Waals surface area contributed by atoms with Gasteiger partial charge in [0.05, 0.1) is 5.56 Å². The number of hydrogen-bond donors (Lipinski definition) is 1. The second-order valence-corrected chi connectivity index (χ2v) is 2.75. The molecule has 1 aromatic rings. The number of pyridine rings is 1. The third-order valence-corrected chi connectivity index (χ3v) is 1.72. The molecule has 1 aromatic heterocycles. The molecule has 0 saturated carbocycles. The van der Waals surface area contributed by atoms with E-state index in [2.05, 4.69) is 4.98 Å². The van der Waals surface area contributed by atoms with E-state index in [-0.39, 0.29) is 45.8 Å². The first-order chi connectivity index (χ1) is 6.06. The van der Waals surface area contributed by atoms with Crippen LogP contribution >= 0.6 is 11.6 Å². The summed E-state index contributed by atoms with van der Waals surface area (Å²) in [6.07, 6.45) is 0. The molecule has 14 heavy (non-hydrogen) atoms. The molecule has 0 aliphatic carbocycles. The van der Waals surface area contributed by atoms with Gasteiger partial charge in [-0.3, -0.25) is 0 Å². The molecule has 0 aliphatic rings.